The van der Waals surface area contributed by atoms with E-state index in [1.54, 1.807) is 7.11 Å². The first kappa shape index (κ1) is 13.9. The van der Waals surface area contributed by atoms with Gasteiger partial charge < -0.3 is 10.1 Å². The average molecular weight is 330 g/mol. The van der Waals surface area contributed by atoms with E-state index in [0.717, 1.165) is 22.4 Å². The second-order valence-electron chi connectivity index (χ2n) is 4.35. The fourth-order valence-electron chi connectivity index (χ4n) is 1.94. The van der Waals surface area contributed by atoms with Gasteiger partial charge in [-0.3, -0.25) is 4.79 Å². The Morgan fingerprint density at radius 2 is 2.33 bits per heavy atom. The van der Waals surface area contributed by atoms with Crippen LogP contribution in [0.5, 0.6) is 0 Å². The summed E-state index contributed by atoms with van der Waals surface area (Å²) in [6.07, 6.45) is 0.990. The van der Waals surface area contributed by atoms with Crippen LogP contribution in [0.25, 0.3) is 0 Å². The third-order valence-corrected chi connectivity index (χ3v) is 5.10. The molecule has 1 fully saturated rings. The van der Waals surface area contributed by atoms with E-state index in [1.165, 1.54) is 0 Å². The average Bonchev–Trinajstić information content (AvgIpc) is 2.86. The van der Waals surface area contributed by atoms with E-state index in [9.17, 15) is 4.79 Å². The number of thioether (sulfide) groups is 1. The molecule has 0 unspecified atom stereocenters. The number of rotatable bonds is 4. The van der Waals surface area contributed by atoms with Crippen LogP contribution in [0.15, 0.2) is 28.7 Å². The lowest BCUT2D eigenvalue weighted by Gasteiger charge is -2.26. The van der Waals surface area contributed by atoms with Gasteiger partial charge >= 0.3 is 0 Å². The Bertz CT molecular complexity index is 433. The monoisotopic (exact) mass is 329 g/mol. The molecule has 1 saturated heterocycles. The highest BCUT2D eigenvalue weighted by atomic mass is 79.9. The van der Waals surface area contributed by atoms with E-state index in [0.29, 0.717) is 12.1 Å². The van der Waals surface area contributed by atoms with E-state index in [4.69, 9.17) is 4.74 Å². The maximum Gasteiger partial charge on any atom is 0.252 e. The minimum Gasteiger partial charge on any atom is -0.376 e. The highest BCUT2D eigenvalue weighted by Crippen LogP contribution is 2.30. The van der Waals surface area contributed by atoms with Crippen molar-refractivity contribution < 1.29 is 9.53 Å². The van der Waals surface area contributed by atoms with Crippen LogP contribution in [0, 0.1) is 0 Å². The molecule has 1 N–H and O–H groups in total. The number of methoxy groups -OCH3 is 1. The minimum atomic E-state index is -0.193. The van der Waals surface area contributed by atoms with Gasteiger partial charge in [0.05, 0.1) is 11.2 Å². The van der Waals surface area contributed by atoms with Crippen LogP contribution in [-0.4, -0.2) is 36.7 Å². The van der Waals surface area contributed by atoms with Crippen molar-refractivity contribution in [2.24, 2.45) is 0 Å². The summed E-state index contributed by atoms with van der Waals surface area (Å²) in [5.74, 6) is 1.98. The number of carbonyl (C=O) groups is 1. The van der Waals surface area contributed by atoms with Gasteiger partial charge in [-0.15, -0.1) is 0 Å². The molecule has 1 aromatic carbocycles. The number of halogens is 1. The Morgan fingerprint density at radius 3 is 2.94 bits per heavy atom. The second-order valence-corrected chi connectivity index (χ2v) is 6.31. The van der Waals surface area contributed by atoms with Crippen molar-refractivity contribution in [3.63, 3.8) is 0 Å². The molecule has 1 heterocycles. The van der Waals surface area contributed by atoms with Crippen molar-refractivity contribution in [2.75, 3.05) is 25.2 Å². The van der Waals surface area contributed by atoms with Crippen LogP contribution in [-0.2, 0) is 4.74 Å². The molecule has 1 aromatic rings. The lowest BCUT2D eigenvalue weighted by atomic mass is 10.0. The van der Waals surface area contributed by atoms with Gasteiger partial charge in [-0.25, -0.2) is 0 Å². The molecule has 0 saturated carbocycles. The predicted octanol–water partition coefficient (Wildman–Crippen LogP) is 2.70. The van der Waals surface area contributed by atoms with Crippen molar-refractivity contribution in [1.29, 1.82) is 0 Å². The Kier molecular flexibility index (Phi) is 4.70. The molecular formula is C13H16BrNO2S. The van der Waals surface area contributed by atoms with Crippen molar-refractivity contribution in [1.82, 2.24) is 5.32 Å². The summed E-state index contributed by atoms with van der Waals surface area (Å²) < 4.78 is 6.38. The number of nitrogens with one attached hydrogen (secondary N) is 1. The minimum absolute atomic E-state index is 0.0594. The summed E-state index contributed by atoms with van der Waals surface area (Å²) in [6, 6.07) is 7.43. The molecule has 2 rings (SSSR count). The van der Waals surface area contributed by atoms with Crippen molar-refractivity contribution in [3.8, 4) is 0 Å². The first-order valence-electron chi connectivity index (χ1n) is 5.82. The van der Waals surface area contributed by atoms with E-state index >= 15 is 0 Å². The lowest BCUT2D eigenvalue weighted by molar-refractivity contribution is 0.0137. The van der Waals surface area contributed by atoms with Gasteiger partial charge in [0.1, 0.15) is 0 Å². The van der Waals surface area contributed by atoms with Gasteiger partial charge in [-0.1, -0.05) is 12.1 Å². The highest BCUT2D eigenvalue weighted by molar-refractivity contribution is 9.10. The summed E-state index contributed by atoms with van der Waals surface area (Å²) >= 11 is 5.26. The first-order chi connectivity index (χ1) is 8.67. The van der Waals surface area contributed by atoms with Crippen molar-refractivity contribution in [3.05, 3.63) is 34.3 Å². The van der Waals surface area contributed by atoms with Crippen molar-refractivity contribution in [2.45, 2.75) is 12.0 Å². The topological polar surface area (TPSA) is 38.3 Å². The molecule has 5 heteroatoms. The third-order valence-electron chi connectivity index (χ3n) is 3.19. The molecule has 0 bridgehead atoms. The number of hydrogen-bond donors (Lipinski definition) is 1. The van der Waals surface area contributed by atoms with E-state index in [-0.39, 0.29) is 11.5 Å². The zero-order valence-electron chi connectivity index (χ0n) is 10.2. The summed E-state index contributed by atoms with van der Waals surface area (Å²) in [4.78, 5) is 12.1. The fraction of sp³-hybridized carbons (Fsp3) is 0.462. The van der Waals surface area contributed by atoms with Crippen LogP contribution in [0.3, 0.4) is 0 Å². The largest absolute Gasteiger partial charge is 0.376 e. The van der Waals surface area contributed by atoms with Gasteiger partial charge in [-0.05, 0) is 40.2 Å². The summed E-state index contributed by atoms with van der Waals surface area (Å²) in [5.41, 5.74) is 0.469. The maximum atomic E-state index is 12.1. The molecule has 1 aliphatic heterocycles. The van der Waals surface area contributed by atoms with Crippen LogP contribution < -0.4 is 5.32 Å². The molecule has 0 radical (unpaired) electrons. The van der Waals surface area contributed by atoms with Gasteiger partial charge in [0, 0.05) is 23.9 Å². The van der Waals surface area contributed by atoms with Crippen LogP contribution in [0.2, 0.25) is 0 Å². The van der Waals surface area contributed by atoms with Crippen LogP contribution in [0.1, 0.15) is 16.8 Å². The zero-order valence-corrected chi connectivity index (χ0v) is 12.6. The number of benzene rings is 1. The van der Waals surface area contributed by atoms with E-state index in [1.807, 2.05) is 36.0 Å². The van der Waals surface area contributed by atoms with Gasteiger partial charge in [0.25, 0.3) is 5.91 Å². The summed E-state index contributed by atoms with van der Waals surface area (Å²) in [5, 5.41) is 2.97. The summed E-state index contributed by atoms with van der Waals surface area (Å²) in [6.45, 7) is 0.566. The molecule has 98 valence electrons. The SMILES string of the molecule is CO[C@@]1(CNC(=O)c2ccccc2Br)CCSC1. The second kappa shape index (κ2) is 6.08. The van der Waals surface area contributed by atoms with Crippen molar-refractivity contribution >= 4 is 33.6 Å². The number of amides is 1. The molecular weight excluding hydrogens is 314 g/mol. The zero-order chi connectivity index (χ0) is 13.0. The normalized spacial score (nSPS) is 23.0. The number of hydrogen-bond acceptors (Lipinski definition) is 3. The number of ether oxygens (including phenoxy) is 1. The number of carbonyl (C=O) groups excluding carboxylic acids is 1. The van der Waals surface area contributed by atoms with E-state index < -0.39 is 0 Å². The Labute approximate surface area is 120 Å². The predicted molar refractivity (Wildman–Crippen MR) is 78.2 cm³/mol. The highest BCUT2D eigenvalue weighted by Gasteiger charge is 2.34. The first-order valence-corrected chi connectivity index (χ1v) is 7.77. The van der Waals surface area contributed by atoms with Crippen LogP contribution >= 0.6 is 27.7 Å². The molecule has 1 amide bonds. The maximum absolute atomic E-state index is 12.1. The lowest BCUT2D eigenvalue weighted by Crippen LogP contribution is -2.44. The molecule has 0 aromatic heterocycles. The smallest absolute Gasteiger partial charge is 0.252 e. The molecule has 3 nitrogen and oxygen atoms in total. The molecule has 1 atom stereocenters. The molecule has 0 spiro atoms. The summed E-state index contributed by atoms with van der Waals surface area (Å²) in [7, 11) is 1.72. The van der Waals surface area contributed by atoms with Gasteiger partial charge in [-0.2, -0.15) is 11.8 Å². The van der Waals surface area contributed by atoms with E-state index in [2.05, 4.69) is 21.2 Å². The Morgan fingerprint density at radius 1 is 1.56 bits per heavy atom. The van der Waals surface area contributed by atoms with Gasteiger partial charge in [0.15, 0.2) is 0 Å². The fourth-order valence-corrected chi connectivity index (χ4v) is 3.80. The molecule has 0 aliphatic carbocycles. The third kappa shape index (κ3) is 3.08. The molecule has 1 aliphatic rings. The van der Waals surface area contributed by atoms with Crippen LogP contribution in [0.4, 0.5) is 0 Å². The Hall–Kier alpha value is -0.520. The Balaban J connectivity index is 1.98. The van der Waals surface area contributed by atoms with Gasteiger partial charge in [0.2, 0.25) is 0 Å². The standard InChI is InChI=1S/C13H16BrNO2S/c1-17-13(6-7-18-9-13)8-15-12(16)10-4-2-3-5-11(10)14/h2-5H,6-9H2,1H3,(H,15,16)/t13-/m1/s1. The quantitative estimate of drug-likeness (QED) is 0.922. The molecule has 18 heavy (non-hydrogen) atoms.